The van der Waals surface area contributed by atoms with E-state index in [1.807, 2.05) is 32.1 Å². The molecule has 0 saturated carbocycles. The normalized spacial score (nSPS) is 15.0. The molecule has 1 atom stereocenters. The molecule has 0 saturated heterocycles. The third kappa shape index (κ3) is 2.29. The van der Waals surface area contributed by atoms with Gasteiger partial charge in [0.2, 0.25) is 0 Å². The lowest BCUT2D eigenvalue weighted by atomic mass is 10.2. The number of hydrogen-bond acceptors (Lipinski definition) is 4. The van der Waals surface area contributed by atoms with Crippen LogP contribution in [0.25, 0.3) is 5.57 Å². The Kier molecular flexibility index (Phi) is 3.59. The van der Waals surface area contributed by atoms with Gasteiger partial charge in [0, 0.05) is 5.57 Å². The Balaban J connectivity index is 2.96. The van der Waals surface area contributed by atoms with E-state index in [1.165, 1.54) is 0 Å². The molecule has 0 amide bonds. The predicted octanol–water partition coefficient (Wildman–Crippen LogP) is 2.10. The highest BCUT2D eigenvalue weighted by molar-refractivity contribution is 5.67. The van der Waals surface area contributed by atoms with Crippen LogP contribution < -0.4 is 0 Å². The molecule has 0 aliphatic heterocycles. The van der Waals surface area contributed by atoms with Gasteiger partial charge in [0.1, 0.15) is 6.10 Å². The summed E-state index contributed by atoms with van der Waals surface area (Å²) in [4.78, 5) is 4.05. The number of allylic oxidation sites excluding steroid dienone is 4. The van der Waals surface area contributed by atoms with Gasteiger partial charge >= 0.3 is 0 Å². The van der Waals surface area contributed by atoms with Crippen molar-refractivity contribution in [3.8, 4) is 0 Å². The van der Waals surface area contributed by atoms with Gasteiger partial charge in [-0.2, -0.15) is 4.98 Å². The Morgan fingerprint density at radius 1 is 1.50 bits per heavy atom. The highest BCUT2D eigenvalue weighted by Gasteiger charge is 2.11. The second-order valence-electron chi connectivity index (χ2n) is 2.88. The van der Waals surface area contributed by atoms with Crippen LogP contribution in [-0.2, 0) is 0 Å². The number of aromatic nitrogens is 2. The molecule has 1 aromatic rings. The first-order valence-corrected chi connectivity index (χ1v) is 4.50. The van der Waals surface area contributed by atoms with Gasteiger partial charge < -0.3 is 9.63 Å². The van der Waals surface area contributed by atoms with Crippen LogP contribution in [0.5, 0.6) is 0 Å². The third-order valence-electron chi connectivity index (χ3n) is 1.72. The number of rotatable bonds is 3. The average molecular weight is 194 g/mol. The highest BCUT2D eigenvalue weighted by Crippen LogP contribution is 2.16. The van der Waals surface area contributed by atoms with Crippen LogP contribution >= 0.6 is 0 Å². The molecular weight excluding hydrogens is 180 g/mol. The fourth-order valence-corrected chi connectivity index (χ4v) is 0.992. The fraction of sp³-hybridized carbons (Fsp3) is 0.400. The third-order valence-corrected chi connectivity index (χ3v) is 1.72. The maximum Gasteiger partial charge on any atom is 0.257 e. The average Bonchev–Trinajstić information content (AvgIpc) is 2.63. The topological polar surface area (TPSA) is 59.2 Å². The number of nitrogens with zero attached hydrogens (tertiary/aromatic N) is 2. The quantitative estimate of drug-likeness (QED) is 0.748. The van der Waals surface area contributed by atoms with Gasteiger partial charge in [0.15, 0.2) is 5.82 Å². The molecule has 0 fully saturated rings. The van der Waals surface area contributed by atoms with Gasteiger partial charge in [-0.15, -0.1) is 0 Å². The lowest BCUT2D eigenvalue weighted by Gasteiger charge is -1.93. The molecule has 0 radical (unpaired) electrons. The summed E-state index contributed by atoms with van der Waals surface area (Å²) >= 11 is 0. The van der Waals surface area contributed by atoms with E-state index in [1.54, 1.807) is 6.92 Å². The standard InChI is InChI=1S/C10H14N2O2/c1-4-6-8(5-2)10-11-9(7(3)13)12-14-10/h4-7,13H,1-3H3. The number of aliphatic hydroxyl groups is 1. The zero-order valence-electron chi connectivity index (χ0n) is 8.56. The van der Waals surface area contributed by atoms with Gasteiger partial charge in [0.25, 0.3) is 5.89 Å². The summed E-state index contributed by atoms with van der Waals surface area (Å²) in [5.74, 6) is 0.741. The molecule has 0 spiro atoms. The van der Waals surface area contributed by atoms with Gasteiger partial charge in [0.05, 0.1) is 0 Å². The van der Waals surface area contributed by atoms with E-state index in [0.717, 1.165) is 5.57 Å². The summed E-state index contributed by atoms with van der Waals surface area (Å²) in [6.07, 6.45) is 4.94. The van der Waals surface area contributed by atoms with Crippen molar-refractivity contribution in [2.75, 3.05) is 0 Å². The van der Waals surface area contributed by atoms with Crippen molar-refractivity contribution < 1.29 is 9.63 Å². The lowest BCUT2D eigenvalue weighted by Crippen LogP contribution is -1.93. The predicted molar refractivity (Wildman–Crippen MR) is 53.4 cm³/mol. The summed E-state index contributed by atoms with van der Waals surface area (Å²) in [6, 6.07) is 0. The summed E-state index contributed by atoms with van der Waals surface area (Å²) in [5.41, 5.74) is 0.854. The van der Waals surface area contributed by atoms with E-state index in [2.05, 4.69) is 10.1 Å². The maximum absolute atomic E-state index is 9.20. The molecule has 1 rings (SSSR count). The summed E-state index contributed by atoms with van der Waals surface area (Å²) in [5, 5.41) is 12.9. The molecule has 1 aromatic heterocycles. The summed E-state index contributed by atoms with van der Waals surface area (Å²) < 4.78 is 4.99. The molecule has 14 heavy (non-hydrogen) atoms. The molecule has 4 heteroatoms. The largest absolute Gasteiger partial charge is 0.385 e. The molecule has 1 N–H and O–H groups in total. The first kappa shape index (κ1) is 10.7. The second kappa shape index (κ2) is 4.72. The van der Waals surface area contributed by atoms with Crippen molar-refractivity contribution in [3.05, 3.63) is 29.9 Å². The molecular formula is C10H14N2O2. The van der Waals surface area contributed by atoms with E-state index < -0.39 is 6.10 Å². The van der Waals surface area contributed by atoms with Crippen LogP contribution in [0.2, 0.25) is 0 Å². The summed E-state index contributed by atoms with van der Waals surface area (Å²) in [7, 11) is 0. The van der Waals surface area contributed by atoms with Crippen LogP contribution in [0, 0.1) is 0 Å². The van der Waals surface area contributed by atoms with Crippen LogP contribution in [0.15, 0.2) is 22.8 Å². The molecule has 1 unspecified atom stereocenters. The first-order valence-electron chi connectivity index (χ1n) is 4.50. The minimum absolute atomic E-state index is 0.309. The van der Waals surface area contributed by atoms with Crippen molar-refractivity contribution in [1.29, 1.82) is 0 Å². The van der Waals surface area contributed by atoms with E-state index in [-0.39, 0.29) is 0 Å². The van der Waals surface area contributed by atoms with Crippen LogP contribution in [0.3, 0.4) is 0 Å². The minimum Gasteiger partial charge on any atom is -0.385 e. The lowest BCUT2D eigenvalue weighted by molar-refractivity contribution is 0.184. The number of aliphatic hydroxyl groups excluding tert-OH is 1. The van der Waals surface area contributed by atoms with Crippen LogP contribution in [-0.4, -0.2) is 15.2 Å². The molecule has 0 aliphatic rings. The Labute approximate surface area is 83.0 Å². The van der Waals surface area contributed by atoms with E-state index in [4.69, 9.17) is 4.52 Å². The van der Waals surface area contributed by atoms with Crippen molar-refractivity contribution >= 4 is 5.57 Å². The molecule has 4 nitrogen and oxygen atoms in total. The van der Waals surface area contributed by atoms with Crippen molar-refractivity contribution in [1.82, 2.24) is 10.1 Å². The minimum atomic E-state index is -0.698. The van der Waals surface area contributed by atoms with Gasteiger partial charge in [-0.3, -0.25) is 0 Å². The first-order chi connectivity index (χ1) is 6.69. The summed E-state index contributed by atoms with van der Waals surface area (Å²) in [6.45, 7) is 5.40. The Morgan fingerprint density at radius 2 is 2.21 bits per heavy atom. The zero-order chi connectivity index (χ0) is 10.6. The molecule has 0 aliphatic carbocycles. The molecule has 0 aromatic carbocycles. The zero-order valence-corrected chi connectivity index (χ0v) is 8.56. The number of hydrogen-bond donors (Lipinski definition) is 1. The van der Waals surface area contributed by atoms with Gasteiger partial charge in [-0.1, -0.05) is 23.4 Å². The SMILES string of the molecule is CC=CC(=CC)c1nc(C(C)O)no1. The second-order valence-corrected chi connectivity index (χ2v) is 2.88. The van der Waals surface area contributed by atoms with Crippen LogP contribution in [0.1, 0.15) is 38.6 Å². The molecule has 0 bridgehead atoms. The van der Waals surface area contributed by atoms with Gasteiger partial charge in [-0.25, -0.2) is 0 Å². The smallest absolute Gasteiger partial charge is 0.257 e. The Bertz CT molecular complexity index is 351. The highest BCUT2D eigenvalue weighted by atomic mass is 16.5. The monoisotopic (exact) mass is 194 g/mol. The van der Waals surface area contributed by atoms with Crippen molar-refractivity contribution in [2.24, 2.45) is 0 Å². The van der Waals surface area contributed by atoms with E-state index in [9.17, 15) is 5.11 Å². The fourth-order valence-electron chi connectivity index (χ4n) is 0.992. The van der Waals surface area contributed by atoms with Crippen molar-refractivity contribution in [3.63, 3.8) is 0 Å². The maximum atomic E-state index is 9.20. The Hall–Kier alpha value is -1.42. The van der Waals surface area contributed by atoms with Gasteiger partial charge in [-0.05, 0) is 20.8 Å². The molecule has 1 heterocycles. The van der Waals surface area contributed by atoms with Crippen LogP contribution in [0.4, 0.5) is 0 Å². The Morgan fingerprint density at radius 3 is 2.64 bits per heavy atom. The van der Waals surface area contributed by atoms with E-state index in [0.29, 0.717) is 11.7 Å². The van der Waals surface area contributed by atoms with Crippen molar-refractivity contribution in [2.45, 2.75) is 26.9 Å². The van der Waals surface area contributed by atoms with E-state index >= 15 is 0 Å². The molecule has 76 valence electrons.